The fourth-order valence-electron chi connectivity index (χ4n) is 2.72. The minimum absolute atomic E-state index is 0.214. The summed E-state index contributed by atoms with van der Waals surface area (Å²) in [6, 6.07) is 9.98. The van der Waals surface area contributed by atoms with Crippen LogP contribution in [-0.4, -0.2) is 25.0 Å². The Bertz CT molecular complexity index is 1080. The number of aryl methyl sites for hydroxylation is 2. The maximum Gasteiger partial charge on any atom is 0.222 e. The molecule has 25 heavy (non-hydrogen) atoms. The van der Waals surface area contributed by atoms with E-state index in [2.05, 4.69) is 27.2 Å². The number of hydrogen-bond donors (Lipinski definition) is 2. The van der Waals surface area contributed by atoms with Crippen LogP contribution in [-0.2, 0) is 6.54 Å². The molecule has 0 amide bonds. The van der Waals surface area contributed by atoms with Crippen LogP contribution in [0.4, 0.5) is 11.6 Å². The van der Waals surface area contributed by atoms with Crippen LogP contribution in [0, 0.1) is 13.8 Å². The van der Waals surface area contributed by atoms with Gasteiger partial charge in [0.05, 0.1) is 11.4 Å². The number of fused-ring (bicyclic) bond motifs is 1. The minimum atomic E-state index is 0.214. The van der Waals surface area contributed by atoms with Crippen molar-refractivity contribution in [3.63, 3.8) is 0 Å². The summed E-state index contributed by atoms with van der Waals surface area (Å²) in [6.07, 6.45) is 0. The van der Waals surface area contributed by atoms with Crippen LogP contribution in [0.2, 0.25) is 0 Å². The van der Waals surface area contributed by atoms with Gasteiger partial charge in [-0.05, 0) is 43.2 Å². The predicted molar refractivity (Wildman–Crippen MR) is 100 cm³/mol. The molecular weight excluding hydrogens is 334 g/mol. The zero-order valence-electron chi connectivity index (χ0n) is 13.9. The lowest BCUT2D eigenvalue weighted by atomic mass is 10.1. The number of benzene rings is 1. The number of rotatable bonds is 3. The lowest BCUT2D eigenvalue weighted by Crippen LogP contribution is -2.05. The molecular formula is C17H17N7S. The molecule has 0 radical (unpaired) electrons. The van der Waals surface area contributed by atoms with Gasteiger partial charge in [-0.2, -0.15) is 4.98 Å². The summed E-state index contributed by atoms with van der Waals surface area (Å²) in [5.74, 6) is 0.214. The Balaban J connectivity index is 1.81. The van der Waals surface area contributed by atoms with E-state index in [1.807, 2.05) is 37.3 Å². The molecule has 7 nitrogen and oxygen atoms in total. The van der Waals surface area contributed by atoms with Gasteiger partial charge < -0.3 is 11.5 Å². The van der Waals surface area contributed by atoms with Gasteiger partial charge in [0.2, 0.25) is 5.95 Å². The van der Waals surface area contributed by atoms with Crippen LogP contribution in [0.15, 0.2) is 30.3 Å². The normalized spacial score (nSPS) is 11.3. The lowest BCUT2D eigenvalue weighted by molar-refractivity contribution is 0.664. The van der Waals surface area contributed by atoms with Crippen molar-refractivity contribution in [2.45, 2.75) is 20.4 Å². The third-order valence-electron chi connectivity index (χ3n) is 4.02. The zero-order chi connectivity index (χ0) is 17.6. The zero-order valence-corrected chi connectivity index (χ0v) is 14.7. The van der Waals surface area contributed by atoms with Gasteiger partial charge in [-0.15, -0.1) is 16.4 Å². The number of nitrogens with two attached hydrogens (primary N) is 2. The fraction of sp³-hybridized carbons (Fsp3) is 0.176. The Labute approximate surface area is 148 Å². The molecule has 0 aliphatic rings. The van der Waals surface area contributed by atoms with Crippen molar-refractivity contribution in [1.82, 2.24) is 25.0 Å². The number of hydrogen-bond acceptors (Lipinski definition) is 7. The average molecular weight is 351 g/mol. The Morgan fingerprint density at radius 2 is 1.92 bits per heavy atom. The summed E-state index contributed by atoms with van der Waals surface area (Å²) < 4.78 is 1.74. The predicted octanol–water partition coefficient (Wildman–Crippen LogP) is 2.78. The maximum absolute atomic E-state index is 5.93. The summed E-state index contributed by atoms with van der Waals surface area (Å²) in [5, 5.41) is 8.55. The molecule has 0 aliphatic heterocycles. The van der Waals surface area contributed by atoms with Gasteiger partial charge in [0.25, 0.3) is 0 Å². The first kappa shape index (κ1) is 15.5. The number of anilines is 2. The van der Waals surface area contributed by atoms with E-state index in [9.17, 15) is 0 Å². The fourth-order valence-corrected chi connectivity index (χ4v) is 3.58. The van der Waals surface area contributed by atoms with Gasteiger partial charge in [-0.1, -0.05) is 17.3 Å². The molecule has 126 valence electrons. The second-order valence-corrected chi connectivity index (χ2v) is 7.24. The summed E-state index contributed by atoms with van der Waals surface area (Å²) in [6.45, 7) is 4.57. The summed E-state index contributed by atoms with van der Waals surface area (Å²) in [5.41, 5.74) is 16.7. The molecule has 0 unspecified atom stereocenters. The molecule has 4 aromatic rings. The molecule has 0 saturated heterocycles. The second kappa shape index (κ2) is 5.82. The van der Waals surface area contributed by atoms with E-state index in [1.54, 1.807) is 16.0 Å². The van der Waals surface area contributed by atoms with Crippen LogP contribution in [0.3, 0.4) is 0 Å². The third-order valence-corrected chi connectivity index (χ3v) is 5.03. The van der Waals surface area contributed by atoms with E-state index in [4.69, 9.17) is 11.5 Å². The molecule has 0 spiro atoms. The highest BCUT2D eigenvalue weighted by atomic mass is 32.1. The first-order valence-corrected chi connectivity index (χ1v) is 8.61. The van der Waals surface area contributed by atoms with Crippen molar-refractivity contribution in [2.24, 2.45) is 0 Å². The number of nitrogens with zero attached hydrogens (tertiary/aromatic N) is 5. The van der Waals surface area contributed by atoms with Crippen molar-refractivity contribution in [3.8, 4) is 10.6 Å². The minimum Gasteiger partial charge on any atom is -0.399 e. The van der Waals surface area contributed by atoms with Crippen molar-refractivity contribution in [1.29, 1.82) is 0 Å². The lowest BCUT2D eigenvalue weighted by Gasteiger charge is -2.06. The van der Waals surface area contributed by atoms with Crippen LogP contribution in [0.25, 0.3) is 21.7 Å². The number of thiophene rings is 1. The van der Waals surface area contributed by atoms with E-state index < -0.39 is 0 Å². The average Bonchev–Trinajstić information content (AvgIpc) is 3.17. The van der Waals surface area contributed by atoms with E-state index in [0.717, 1.165) is 27.4 Å². The number of aromatic nitrogens is 5. The van der Waals surface area contributed by atoms with Crippen LogP contribution < -0.4 is 11.5 Å². The molecule has 0 bridgehead atoms. The highest BCUT2D eigenvalue weighted by Gasteiger charge is 2.16. The van der Waals surface area contributed by atoms with Gasteiger partial charge >= 0.3 is 0 Å². The smallest absolute Gasteiger partial charge is 0.222 e. The molecule has 0 aliphatic carbocycles. The Morgan fingerprint density at radius 3 is 2.64 bits per heavy atom. The van der Waals surface area contributed by atoms with Crippen molar-refractivity contribution >= 4 is 34.1 Å². The molecule has 0 saturated carbocycles. The summed E-state index contributed by atoms with van der Waals surface area (Å²) >= 11 is 1.64. The molecule has 4 N–H and O–H groups in total. The van der Waals surface area contributed by atoms with Gasteiger partial charge in [-0.25, -0.2) is 9.67 Å². The van der Waals surface area contributed by atoms with Gasteiger partial charge in [0.1, 0.15) is 5.69 Å². The van der Waals surface area contributed by atoms with Gasteiger partial charge in [0.15, 0.2) is 11.2 Å². The SMILES string of the molecule is Cc1ccc(-c2nc(N)nc3c2nnn3Cc2ccc(N)c(C)c2)s1. The van der Waals surface area contributed by atoms with Gasteiger partial charge in [-0.3, -0.25) is 0 Å². The van der Waals surface area contributed by atoms with Crippen molar-refractivity contribution < 1.29 is 0 Å². The highest BCUT2D eigenvalue weighted by molar-refractivity contribution is 7.15. The van der Waals surface area contributed by atoms with Crippen molar-refractivity contribution in [3.05, 3.63) is 46.3 Å². The quantitative estimate of drug-likeness (QED) is 0.549. The van der Waals surface area contributed by atoms with E-state index in [1.165, 1.54) is 4.88 Å². The topological polar surface area (TPSA) is 109 Å². The number of nitrogen functional groups attached to an aromatic ring is 2. The molecule has 0 fully saturated rings. The van der Waals surface area contributed by atoms with Gasteiger partial charge in [0, 0.05) is 10.6 Å². The molecule has 0 atom stereocenters. The van der Waals surface area contributed by atoms with E-state index >= 15 is 0 Å². The van der Waals surface area contributed by atoms with Crippen LogP contribution in [0.1, 0.15) is 16.0 Å². The first-order chi connectivity index (χ1) is 12.0. The largest absolute Gasteiger partial charge is 0.399 e. The third kappa shape index (κ3) is 2.80. The Morgan fingerprint density at radius 1 is 1.08 bits per heavy atom. The summed E-state index contributed by atoms with van der Waals surface area (Å²) in [4.78, 5) is 10.9. The van der Waals surface area contributed by atoms with Crippen LogP contribution >= 0.6 is 11.3 Å². The van der Waals surface area contributed by atoms with Crippen molar-refractivity contribution in [2.75, 3.05) is 11.5 Å². The molecule has 4 rings (SSSR count). The standard InChI is InChI=1S/C17H17N7S/c1-9-7-11(4-5-12(9)18)8-24-16-15(22-23-24)14(20-17(19)21-16)13-6-3-10(2)25-13/h3-7H,8,18H2,1-2H3,(H2,19,20,21). The Hall–Kier alpha value is -3.00. The molecule has 1 aromatic carbocycles. The van der Waals surface area contributed by atoms with E-state index in [-0.39, 0.29) is 5.95 Å². The molecule has 3 heterocycles. The van der Waals surface area contributed by atoms with E-state index in [0.29, 0.717) is 17.7 Å². The molecule has 8 heteroatoms. The Kier molecular flexibility index (Phi) is 3.61. The first-order valence-electron chi connectivity index (χ1n) is 7.80. The molecule has 3 aromatic heterocycles. The maximum atomic E-state index is 5.93. The van der Waals surface area contributed by atoms with Crippen LogP contribution in [0.5, 0.6) is 0 Å². The summed E-state index contributed by atoms with van der Waals surface area (Å²) in [7, 11) is 0. The monoisotopic (exact) mass is 351 g/mol. The highest BCUT2D eigenvalue weighted by Crippen LogP contribution is 2.31. The second-order valence-electron chi connectivity index (χ2n) is 5.95.